The van der Waals surface area contributed by atoms with Crippen molar-refractivity contribution >= 4 is 28.2 Å². The van der Waals surface area contributed by atoms with E-state index in [1.807, 2.05) is 31.2 Å². The van der Waals surface area contributed by atoms with Crippen LogP contribution in [0.4, 0.5) is 5.00 Å². The van der Waals surface area contributed by atoms with E-state index in [0.717, 1.165) is 48.5 Å². The number of methoxy groups -OCH3 is 1. The molecule has 1 aromatic carbocycles. The average molecular weight is 403 g/mol. The van der Waals surface area contributed by atoms with Gasteiger partial charge < -0.3 is 14.8 Å². The van der Waals surface area contributed by atoms with Gasteiger partial charge in [0.25, 0.3) is 5.91 Å². The molecule has 1 aromatic heterocycles. The molecule has 6 nitrogen and oxygen atoms in total. The Kier molecular flexibility index (Phi) is 6.70. The summed E-state index contributed by atoms with van der Waals surface area (Å²) in [5, 5.41) is 3.40. The lowest BCUT2D eigenvalue weighted by molar-refractivity contribution is -0.118. The van der Waals surface area contributed by atoms with Crippen molar-refractivity contribution < 1.29 is 19.1 Å². The quantitative estimate of drug-likeness (QED) is 0.717. The van der Waals surface area contributed by atoms with E-state index in [4.69, 9.17) is 9.47 Å². The third kappa shape index (κ3) is 4.72. The Labute approximate surface area is 169 Å². The summed E-state index contributed by atoms with van der Waals surface area (Å²) in [7, 11) is 1.37. The molecule has 7 heteroatoms. The van der Waals surface area contributed by atoms with Gasteiger partial charge in [-0.05, 0) is 44.0 Å². The van der Waals surface area contributed by atoms with Gasteiger partial charge in [-0.2, -0.15) is 0 Å². The molecule has 0 atom stereocenters. The fraction of sp³-hybridized carbons (Fsp3) is 0.429. The Morgan fingerprint density at radius 1 is 1.25 bits per heavy atom. The van der Waals surface area contributed by atoms with Gasteiger partial charge in [0, 0.05) is 18.0 Å². The van der Waals surface area contributed by atoms with Crippen molar-refractivity contribution in [2.45, 2.75) is 33.2 Å². The Bertz CT molecular complexity index is 845. The Morgan fingerprint density at radius 3 is 2.68 bits per heavy atom. The molecule has 0 bridgehead atoms. The number of thiophene rings is 1. The van der Waals surface area contributed by atoms with Gasteiger partial charge in [0.15, 0.2) is 6.61 Å². The third-order valence-corrected chi connectivity index (χ3v) is 5.84. The molecule has 3 rings (SSSR count). The zero-order valence-corrected chi connectivity index (χ0v) is 17.4. The van der Waals surface area contributed by atoms with Crippen LogP contribution in [0.2, 0.25) is 0 Å². The number of nitrogens with one attached hydrogen (secondary N) is 1. The minimum absolute atomic E-state index is 0.117. The second-order valence-corrected chi connectivity index (χ2v) is 7.98. The summed E-state index contributed by atoms with van der Waals surface area (Å²) in [6.45, 7) is 6.76. The second kappa shape index (κ2) is 9.21. The number of carbonyl (C=O) groups excluding carboxylic acids is 2. The van der Waals surface area contributed by atoms with Crippen molar-refractivity contribution in [3.63, 3.8) is 0 Å². The number of benzene rings is 1. The van der Waals surface area contributed by atoms with Crippen LogP contribution in [0.15, 0.2) is 24.3 Å². The molecule has 0 radical (unpaired) electrons. The molecule has 1 aliphatic heterocycles. The predicted octanol–water partition coefficient (Wildman–Crippen LogP) is 3.63. The summed E-state index contributed by atoms with van der Waals surface area (Å²) in [5.41, 5.74) is 2.61. The summed E-state index contributed by atoms with van der Waals surface area (Å²) in [4.78, 5) is 28.2. The summed E-state index contributed by atoms with van der Waals surface area (Å²) < 4.78 is 10.5. The summed E-state index contributed by atoms with van der Waals surface area (Å²) in [5.74, 6) is -0.0689. The second-order valence-electron chi connectivity index (χ2n) is 6.88. The molecule has 2 aromatic rings. The number of hydrogen-bond acceptors (Lipinski definition) is 6. The number of aryl methyl sites for hydroxylation is 1. The van der Waals surface area contributed by atoms with Gasteiger partial charge in [-0.15, -0.1) is 11.3 Å². The highest BCUT2D eigenvalue weighted by Crippen LogP contribution is 2.37. The fourth-order valence-corrected chi connectivity index (χ4v) is 4.61. The lowest BCUT2D eigenvalue weighted by atomic mass is 10.0. The Morgan fingerprint density at radius 2 is 2.00 bits per heavy atom. The van der Waals surface area contributed by atoms with Gasteiger partial charge >= 0.3 is 5.97 Å². The number of anilines is 1. The summed E-state index contributed by atoms with van der Waals surface area (Å²) in [6, 6.07) is 7.51. The number of ether oxygens (including phenoxy) is 2. The maximum absolute atomic E-state index is 12.4. The molecule has 150 valence electrons. The van der Waals surface area contributed by atoms with Crippen LogP contribution in [-0.4, -0.2) is 43.6 Å². The Hall–Kier alpha value is -2.38. The van der Waals surface area contributed by atoms with Crippen LogP contribution < -0.4 is 10.1 Å². The van der Waals surface area contributed by atoms with Crippen LogP contribution in [0.1, 0.15) is 39.7 Å². The monoisotopic (exact) mass is 402 g/mol. The average Bonchev–Trinajstić information content (AvgIpc) is 3.04. The van der Waals surface area contributed by atoms with E-state index in [1.165, 1.54) is 18.4 Å². The summed E-state index contributed by atoms with van der Waals surface area (Å²) in [6.07, 6.45) is 1.87. The normalized spacial score (nSPS) is 13.7. The number of carbonyl (C=O) groups is 2. The maximum Gasteiger partial charge on any atom is 0.341 e. The standard InChI is InChI=1S/C21H26N2O4S/c1-4-10-23-11-9-16-17(12-23)28-20(19(16)21(25)26-3)22-18(24)13-27-15-7-5-14(2)6-8-15/h5-8H,4,9-13H2,1-3H3,(H,22,24). The van der Waals surface area contributed by atoms with Gasteiger partial charge in [-0.3, -0.25) is 9.69 Å². The molecule has 0 aliphatic carbocycles. The SMILES string of the molecule is CCCN1CCc2c(sc(NC(=O)COc3ccc(C)cc3)c2C(=O)OC)C1. The molecular weight excluding hydrogens is 376 g/mol. The van der Waals surface area contributed by atoms with E-state index in [1.54, 1.807) is 0 Å². The van der Waals surface area contributed by atoms with Crippen molar-refractivity contribution in [2.75, 3.05) is 32.1 Å². The molecule has 0 saturated carbocycles. The summed E-state index contributed by atoms with van der Waals surface area (Å²) >= 11 is 1.46. The molecule has 1 N–H and O–H groups in total. The first-order chi connectivity index (χ1) is 13.5. The fourth-order valence-electron chi connectivity index (χ4n) is 3.32. The highest BCUT2D eigenvalue weighted by Gasteiger charge is 2.29. The number of hydrogen-bond donors (Lipinski definition) is 1. The molecule has 0 spiro atoms. The van der Waals surface area contributed by atoms with Crippen LogP contribution in [0, 0.1) is 6.92 Å². The largest absolute Gasteiger partial charge is 0.484 e. The first-order valence-corrected chi connectivity index (χ1v) is 10.3. The van der Waals surface area contributed by atoms with Crippen LogP contribution in [-0.2, 0) is 22.5 Å². The van der Waals surface area contributed by atoms with E-state index in [9.17, 15) is 9.59 Å². The van der Waals surface area contributed by atoms with Gasteiger partial charge in [0.1, 0.15) is 10.8 Å². The van der Waals surface area contributed by atoms with Crippen LogP contribution in [0.3, 0.4) is 0 Å². The topological polar surface area (TPSA) is 67.9 Å². The number of nitrogens with zero attached hydrogens (tertiary/aromatic N) is 1. The van der Waals surface area contributed by atoms with E-state index >= 15 is 0 Å². The minimum Gasteiger partial charge on any atom is -0.484 e. The zero-order valence-electron chi connectivity index (χ0n) is 16.5. The molecule has 1 amide bonds. The smallest absolute Gasteiger partial charge is 0.341 e. The Balaban J connectivity index is 1.72. The lowest BCUT2D eigenvalue weighted by Gasteiger charge is -2.26. The molecule has 0 unspecified atom stereocenters. The maximum atomic E-state index is 12.4. The number of fused-ring (bicyclic) bond motifs is 1. The third-order valence-electron chi connectivity index (χ3n) is 4.71. The van der Waals surface area contributed by atoms with Crippen molar-refractivity contribution in [3.05, 3.63) is 45.8 Å². The van der Waals surface area contributed by atoms with Crippen LogP contribution >= 0.6 is 11.3 Å². The number of rotatable bonds is 7. The molecule has 1 aliphatic rings. The predicted molar refractivity (Wildman–Crippen MR) is 110 cm³/mol. The van der Waals surface area contributed by atoms with E-state index < -0.39 is 5.97 Å². The first-order valence-electron chi connectivity index (χ1n) is 9.46. The van der Waals surface area contributed by atoms with Crippen LogP contribution in [0.25, 0.3) is 0 Å². The minimum atomic E-state index is -0.406. The number of esters is 1. The highest BCUT2D eigenvalue weighted by molar-refractivity contribution is 7.17. The molecular formula is C21H26N2O4S. The van der Waals surface area contributed by atoms with Gasteiger partial charge in [-0.25, -0.2) is 4.79 Å². The van der Waals surface area contributed by atoms with Gasteiger partial charge in [0.2, 0.25) is 0 Å². The number of amides is 1. The van der Waals surface area contributed by atoms with Crippen LogP contribution in [0.5, 0.6) is 5.75 Å². The molecule has 28 heavy (non-hydrogen) atoms. The van der Waals surface area contributed by atoms with Gasteiger partial charge in [-0.1, -0.05) is 24.6 Å². The first kappa shape index (κ1) is 20.4. The molecule has 2 heterocycles. The van der Waals surface area contributed by atoms with Crippen molar-refractivity contribution in [1.82, 2.24) is 4.90 Å². The van der Waals surface area contributed by atoms with Crippen molar-refractivity contribution in [1.29, 1.82) is 0 Å². The van der Waals surface area contributed by atoms with E-state index in [0.29, 0.717) is 16.3 Å². The van der Waals surface area contributed by atoms with Crippen molar-refractivity contribution in [2.24, 2.45) is 0 Å². The highest BCUT2D eigenvalue weighted by atomic mass is 32.1. The van der Waals surface area contributed by atoms with Gasteiger partial charge in [0.05, 0.1) is 12.7 Å². The van der Waals surface area contributed by atoms with E-state index in [2.05, 4.69) is 17.1 Å². The van der Waals surface area contributed by atoms with Crippen molar-refractivity contribution in [3.8, 4) is 5.75 Å². The van der Waals surface area contributed by atoms with E-state index in [-0.39, 0.29) is 12.5 Å². The zero-order chi connectivity index (χ0) is 20.1. The lowest BCUT2D eigenvalue weighted by Crippen LogP contribution is -2.30. The molecule has 0 saturated heterocycles. The molecule has 0 fully saturated rings.